The van der Waals surface area contributed by atoms with E-state index in [4.69, 9.17) is 0 Å². The smallest absolute Gasteiger partial charge is 0.394 e. The second-order valence-corrected chi connectivity index (χ2v) is 1.49. The Balaban J connectivity index is 0.000000360. The topological polar surface area (TPSA) is 25.8 Å². The van der Waals surface area contributed by atoms with Gasteiger partial charge in [-0.3, -0.25) is 0 Å². The molecule has 0 unspecified atom stereocenters. The van der Waals surface area contributed by atoms with Gasteiger partial charge in [-0.15, -0.1) is 5.69 Å². The first kappa shape index (κ1) is 7.66. The molecule has 0 fully saturated rings. The first-order valence-electron chi connectivity index (χ1n) is 1.56. The number of aromatic nitrogens is 2. The Morgan fingerprint density at radius 1 is 1.71 bits per heavy atom. The van der Waals surface area contributed by atoms with Crippen LogP contribution in [0.1, 0.15) is 5.69 Å². The third-order valence-corrected chi connectivity index (χ3v) is 0.954. The van der Waals surface area contributed by atoms with E-state index < -0.39 is 0 Å². The van der Waals surface area contributed by atoms with E-state index >= 15 is 0 Å². The molecule has 0 radical (unpaired) electrons. The molecule has 1 aromatic heterocycles. The van der Waals surface area contributed by atoms with E-state index in [2.05, 4.69) is 14.9 Å². The van der Waals surface area contributed by atoms with Crippen LogP contribution in [0.15, 0.2) is 0 Å². The number of nitrogens with zero attached hydrogens (tertiary/aromatic N) is 2. The van der Waals surface area contributed by atoms with Gasteiger partial charge in [0.2, 0.25) is 0 Å². The predicted octanol–water partition coefficient (Wildman–Crippen LogP) is 0.644. The molecular formula is C3H3N2SY+2. The number of hydrogen-bond donors (Lipinski definition) is 0. The Bertz CT molecular complexity index is 116. The van der Waals surface area contributed by atoms with Gasteiger partial charge in [-0.1, -0.05) is 6.92 Å². The third kappa shape index (κ3) is 2.47. The van der Waals surface area contributed by atoms with Gasteiger partial charge in [0.15, 0.2) is 0 Å². The zero-order chi connectivity index (χ0) is 4.41. The largest absolute Gasteiger partial charge is 3.00 e. The second kappa shape index (κ2) is 3.64. The average Bonchev–Trinajstić information content (AvgIpc) is 1.86. The second-order valence-electron chi connectivity index (χ2n) is 0.961. The van der Waals surface area contributed by atoms with Crippen LogP contribution in [0.2, 0.25) is 0 Å². The Kier molecular flexibility index (Phi) is 3.98. The van der Waals surface area contributed by atoms with E-state index in [1.54, 1.807) is 0 Å². The van der Waals surface area contributed by atoms with E-state index in [-0.39, 0.29) is 32.7 Å². The van der Waals surface area contributed by atoms with Crippen molar-refractivity contribution in [2.45, 2.75) is 6.92 Å². The normalized spacial score (nSPS) is 7.57. The standard InChI is InChI=1S/C3H3N2S.Y/c1-3-2-4-6-5-3;/h1H3;/q-1;+3. The molecule has 32 valence electrons. The van der Waals surface area contributed by atoms with Crippen molar-refractivity contribution in [1.29, 1.82) is 0 Å². The maximum absolute atomic E-state index is 3.79. The summed E-state index contributed by atoms with van der Waals surface area (Å²) < 4.78 is 7.42. The van der Waals surface area contributed by atoms with Crippen LogP contribution in [0.25, 0.3) is 0 Å². The maximum atomic E-state index is 3.79. The summed E-state index contributed by atoms with van der Waals surface area (Å²) in [4.78, 5) is 0. The Labute approximate surface area is 71.5 Å². The zero-order valence-corrected chi connectivity index (χ0v) is 7.53. The van der Waals surface area contributed by atoms with Crippen LogP contribution < -0.4 is 0 Å². The fourth-order valence-electron chi connectivity index (χ4n) is 0.189. The predicted molar refractivity (Wildman–Crippen MR) is 23.5 cm³/mol. The van der Waals surface area contributed by atoms with Crippen LogP contribution in [-0.4, -0.2) is 8.75 Å². The quantitative estimate of drug-likeness (QED) is 0.558. The molecule has 0 saturated carbocycles. The number of hydrogen-bond acceptors (Lipinski definition) is 3. The van der Waals surface area contributed by atoms with Crippen LogP contribution >= 0.6 is 11.7 Å². The summed E-state index contributed by atoms with van der Waals surface area (Å²) in [5.41, 5.74) is 0.875. The van der Waals surface area contributed by atoms with E-state index in [0.29, 0.717) is 0 Å². The molecule has 0 aliphatic carbocycles. The van der Waals surface area contributed by atoms with Gasteiger partial charge in [0.1, 0.15) is 0 Å². The zero-order valence-electron chi connectivity index (χ0n) is 3.88. The van der Waals surface area contributed by atoms with Gasteiger partial charge in [0.25, 0.3) is 0 Å². The van der Waals surface area contributed by atoms with Crippen LogP contribution in [0.5, 0.6) is 0 Å². The van der Waals surface area contributed by atoms with Crippen LogP contribution in [0, 0.1) is 13.1 Å². The number of rotatable bonds is 0. The van der Waals surface area contributed by atoms with E-state index in [0.717, 1.165) is 5.69 Å². The summed E-state index contributed by atoms with van der Waals surface area (Å²) in [7, 11) is 0. The summed E-state index contributed by atoms with van der Waals surface area (Å²) in [6.07, 6.45) is 2.66. The maximum Gasteiger partial charge on any atom is 3.00 e. The third-order valence-electron chi connectivity index (χ3n) is 0.426. The molecule has 0 saturated heterocycles. The summed E-state index contributed by atoms with van der Waals surface area (Å²) in [5, 5.41) is 0. The van der Waals surface area contributed by atoms with Gasteiger partial charge in [-0.25, -0.2) is 4.37 Å². The molecule has 0 aliphatic rings. The minimum Gasteiger partial charge on any atom is -0.394 e. The van der Waals surface area contributed by atoms with Crippen molar-refractivity contribution in [3.63, 3.8) is 0 Å². The van der Waals surface area contributed by atoms with E-state index in [1.807, 2.05) is 6.92 Å². The molecule has 0 N–H and O–H groups in total. The molecule has 1 heterocycles. The van der Waals surface area contributed by atoms with Crippen molar-refractivity contribution in [2.75, 3.05) is 0 Å². The van der Waals surface area contributed by atoms with Crippen LogP contribution in [0.3, 0.4) is 0 Å². The van der Waals surface area contributed by atoms with Crippen molar-refractivity contribution in [2.24, 2.45) is 0 Å². The molecule has 0 spiro atoms. The minimum atomic E-state index is 0. The monoisotopic (exact) mass is 188 g/mol. The molecule has 0 amide bonds. The average molecular weight is 188 g/mol. The van der Waals surface area contributed by atoms with Crippen molar-refractivity contribution in [3.8, 4) is 0 Å². The van der Waals surface area contributed by atoms with Crippen molar-refractivity contribution in [3.05, 3.63) is 11.9 Å². The fourth-order valence-corrected chi connectivity index (χ4v) is 0.566. The Hall–Kier alpha value is 0.664. The fraction of sp³-hybridized carbons (Fsp3) is 0.333. The van der Waals surface area contributed by atoms with Gasteiger partial charge in [0.05, 0.1) is 0 Å². The summed E-state index contributed by atoms with van der Waals surface area (Å²) in [6, 6.07) is 0. The van der Waals surface area contributed by atoms with Crippen molar-refractivity contribution in [1.82, 2.24) is 8.75 Å². The first-order chi connectivity index (χ1) is 2.89. The number of aryl methyl sites for hydroxylation is 1. The first-order valence-corrected chi connectivity index (χ1v) is 2.29. The van der Waals surface area contributed by atoms with Crippen LogP contribution in [-0.2, 0) is 32.7 Å². The van der Waals surface area contributed by atoms with Crippen molar-refractivity contribution >= 4 is 11.7 Å². The molecule has 1 aromatic rings. The molecule has 0 bridgehead atoms. The molecule has 0 atom stereocenters. The molecule has 0 aliphatic heterocycles. The van der Waals surface area contributed by atoms with E-state index in [9.17, 15) is 0 Å². The Morgan fingerprint density at radius 3 is 2.57 bits per heavy atom. The molecule has 0 aromatic carbocycles. The molecule has 7 heavy (non-hydrogen) atoms. The van der Waals surface area contributed by atoms with Gasteiger partial charge < -0.3 is 10.6 Å². The van der Waals surface area contributed by atoms with Crippen LogP contribution in [0.4, 0.5) is 0 Å². The molecular weight excluding hydrogens is 185 g/mol. The minimum absolute atomic E-state index is 0. The van der Waals surface area contributed by atoms with E-state index in [1.165, 1.54) is 11.7 Å². The van der Waals surface area contributed by atoms with Gasteiger partial charge in [0, 0.05) is 11.7 Å². The summed E-state index contributed by atoms with van der Waals surface area (Å²) >= 11 is 1.18. The van der Waals surface area contributed by atoms with Crippen molar-refractivity contribution < 1.29 is 32.7 Å². The molecule has 2 nitrogen and oxygen atoms in total. The van der Waals surface area contributed by atoms with Gasteiger partial charge >= 0.3 is 32.7 Å². The summed E-state index contributed by atoms with van der Waals surface area (Å²) in [6.45, 7) is 1.86. The molecule has 1 rings (SSSR count). The Morgan fingerprint density at radius 2 is 2.43 bits per heavy atom. The molecule has 4 heteroatoms. The summed E-state index contributed by atoms with van der Waals surface area (Å²) in [5.74, 6) is 0. The van der Waals surface area contributed by atoms with Gasteiger partial charge in [-0.05, 0) is 0 Å². The SMILES string of the molecule is Cc1[c-]nsn1.[Y+3]. The van der Waals surface area contributed by atoms with Gasteiger partial charge in [-0.2, -0.15) is 0 Å².